The number of hydrogen-bond acceptors (Lipinski definition) is 5. The molecular weight excluding hydrogens is 368 g/mol. The van der Waals surface area contributed by atoms with Crippen LogP contribution in [0.25, 0.3) is 0 Å². The van der Waals surface area contributed by atoms with E-state index in [-0.39, 0.29) is 12.5 Å². The van der Waals surface area contributed by atoms with Crippen LogP contribution in [0.3, 0.4) is 0 Å². The Bertz CT molecular complexity index is 837. The van der Waals surface area contributed by atoms with E-state index in [1.807, 2.05) is 39.0 Å². The number of aryl methyl sites for hydroxylation is 2. The number of methoxy groups -OCH3 is 1. The van der Waals surface area contributed by atoms with Crippen LogP contribution in [0, 0.1) is 13.8 Å². The smallest absolute Gasteiger partial charge is 0.277 e. The summed E-state index contributed by atoms with van der Waals surface area (Å²) in [6.45, 7) is 6.21. The highest BCUT2D eigenvalue weighted by Gasteiger charge is 2.10. The van der Waals surface area contributed by atoms with Crippen LogP contribution in [0.1, 0.15) is 23.6 Å². The molecular formula is C20H23ClN2O4. The molecule has 0 aliphatic carbocycles. The Balaban J connectivity index is 1.94. The van der Waals surface area contributed by atoms with Gasteiger partial charge in [-0.2, -0.15) is 5.10 Å². The van der Waals surface area contributed by atoms with E-state index in [9.17, 15) is 4.79 Å². The second-order valence-electron chi connectivity index (χ2n) is 5.80. The van der Waals surface area contributed by atoms with Gasteiger partial charge in [0.2, 0.25) is 0 Å². The zero-order chi connectivity index (χ0) is 19.8. The van der Waals surface area contributed by atoms with E-state index in [4.69, 9.17) is 25.8 Å². The molecule has 2 rings (SSSR count). The zero-order valence-corrected chi connectivity index (χ0v) is 16.6. The maximum atomic E-state index is 11.9. The van der Waals surface area contributed by atoms with Gasteiger partial charge in [-0.3, -0.25) is 4.79 Å². The molecule has 6 nitrogen and oxygen atoms in total. The predicted molar refractivity (Wildman–Crippen MR) is 106 cm³/mol. The van der Waals surface area contributed by atoms with Crippen molar-refractivity contribution in [2.24, 2.45) is 5.10 Å². The monoisotopic (exact) mass is 390 g/mol. The Morgan fingerprint density at radius 1 is 1.19 bits per heavy atom. The lowest BCUT2D eigenvalue weighted by Gasteiger charge is -2.11. The second kappa shape index (κ2) is 9.83. The van der Waals surface area contributed by atoms with E-state index in [0.29, 0.717) is 34.4 Å². The van der Waals surface area contributed by atoms with Crippen LogP contribution < -0.4 is 19.6 Å². The van der Waals surface area contributed by atoms with Crippen LogP contribution in [0.15, 0.2) is 35.4 Å². The third-order valence-electron chi connectivity index (χ3n) is 3.79. The zero-order valence-electron chi connectivity index (χ0n) is 15.8. The van der Waals surface area contributed by atoms with Crippen LogP contribution in [0.5, 0.6) is 17.2 Å². The van der Waals surface area contributed by atoms with Gasteiger partial charge in [0.25, 0.3) is 5.91 Å². The van der Waals surface area contributed by atoms with Crippen molar-refractivity contribution in [1.82, 2.24) is 5.43 Å². The molecule has 7 heteroatoms. The third kappa shape index (κ3) is 5.89. The van der Waals surface area contributed by atoms with Gasteiger partial charge in [-0.1, -0.05) is 17.7 Å². The fraction of sp³-hybridized carbons (Fsp3) is 0.300. The van der Waals surface area contributed by atoms with E-state index in [2.05, 4.69) is 10.5 Å². The number of nitrogens with one attached hydrogen (secondary N) is 1. The standard InChI is InChI=1S/C20H23ClN2O4/c1-5-26-18-10-15(9-17(21)20(18)25-4)11-22-23-19(24)12-27-16-7-6-13(2)14(3)8-16/h6-11H,5,12H2,1-4H3,(H,23,24)/b22-11-. The fourth-order valence-corrected chi connectivity index (χ4v) is 2.58. The van der Waals surface area contributed by atoms with Crippen LogP contribution in [-0.4, -0.2) is 32.4 Å². The highest BCUT2D eigenvalue weighted by Crippen LogP contribution is 2.35. The Morgan fingerprint density at radius 2 is 1.96 bits per heavy atom. The first-order chi connectivity index (χ1) is 12.9. The molecule has 0 unspecified atom stereocenters. The number of amides is 1. The average Bonchev–Trinajstić information content (AvgIpc) is 2.63. The first-order valence-electron chi connectivity index (χ1n) is 8.46. The van der Waals surface area contributed by atoms with Gasteiger partial charge >= 0.3 is 0 Å². The summed E-state index contributed by atoms with van der Waals surface area (Å²) in [5, 5.41) is 4.32. The highest BCUT2D eigenvalue weighted by molar-refractivity contribution is 6.32. The summed E-state index contributed by atoms with van der Waals surface area (Å²) in [4.78, 5) is 11.9. The Kier molecular flexibility index (Phi) is 7.49. The number of benzene rings is 2. The van der Waals surface area contributed by atoms with Gasteiger partial charge in [0.05, 0.1) is 25.0 Å². The molecule has 0 spiro atoms. The van der Waals surface area contributed by atoms with Crippen molar-refractivity contribution in [2.45, 2.75) is 20.8 Å². The van der Waals surface area contributed by atoms with Gasteiger partial charge in [0.1, 0.15) is 5.75 Å². The molecule has 2 aromatic rings. The molecule has 0 saturated heterocycles. The number of carbonyl (C=O) groups excluding carboxylic acids is 1. The quantitative estimate of drug-likeness (QED) is 0.548. The molecule has 0 radical (unpaired) electrons. The minimum Gasteiger partial charge on any atom is -0.491 e. The molecule has 0 fully saturated rings. The minimum atomic E-state index is -0.367. The van der Waals surface area contributed by atoms with Crippen molar-refractivity contribution in [3.63, 3.8) is 0 Å². The van der Waals surface area contributed by atoms with E-state index >= 15 is 0 Å². The molecule has 1 amide bonds. The molecule has 0 saturated carbocycles. The van der Waals surface area contributed by atoms with Gasteiger partial charge in [0, 0.05) is 0 Å². The summed E-state index contributed by atoms with van der Waals surface area (Å²) >= 11 is 6.18. The molecule has 1 N–H and O–H groups in total. The van der Waals surface area contributed by atoms with Crippen LogP contribution >= 0.6 is 11.6 Å². The lowest BCUT2D eigenvalue weighted by atomic mass is 10.1. The Hall–Kier alpha value is -2.73. The van der Waals surface area contributed by atoms with E-state index in [1.165, 1.54) is 18.9 Å². The highest BCUT2D eigenvalue weighted by atomic mass is 35.5. The summed E-state index contributed by atoms with van der Waals surface area (Å²) in [6.07, 6.45) is 1.47. The topological polar surface area (TPSA) is 69.2 Å². The number of ether oxygens (including phenoxy) is 3. The first kappa shape index (κ1) is 20.6. The molecule has 0 atom stereocenters. The Morgan fingerprint density at radius 3 is 2.63 bits per heavy atom. The lowest BCUT2D eigenvalue weighted by Crippen LogP contribution is -2.24. The number of halogens is 1. The van der Waals surface area contributed by atoms with Crippen molar-refractivity contribution in [1.29, 1.82) is 0 Å². The molecule has 144 valence electrons. The normalized spacial score (nSPS) is 10.7. The van der Waals surface area contributed by atoms with Gasteiger partial charge in [-0.25, -0.2) is 5.43 Å². The van der Waals surface area contributed by atoms with E-state index in [1.54, 1.807) is 12.1 Å². The Labute approximate surface area is 164 Å². The largest absolute Gasteiger partial charge is 0.491 e. The molecule has 27 heavy (non-hydrogen) atoms. The van der Waals surface area contributed by atoms with Crippen molar-refractivity contribution < 1.29 is 19.0 Å². The third-order valence-corrected chi connectivity index (χ3v) is 4.07. The van der Waals surface area contributed by atoms with Crippen LogP contribution in [-0.2, 0) is 4.79 Å². The number of hydrogen-bond donors (Lipinski definition) is 1. The summed E-state index contributed by atoms with van der Waals surface area (Å²) in [6, 6.07) is 9.07. The maximum Gasteiger partial charge on any atom is 0.277 e. The van der Waals surface area contributed by atoms with Gasteiger partial charge in [0.15, 0.2) is 18.1 Å². The summed E-state index contributed by atoms with van der Waals surface area (Å²) < 4.78 is 16.2. The average molecular weight is 391 g/mol. The SMILES string of the molecule is CCOc1cc(/C=N\NC(=O)COc2ccc(C)c(C)c2)cc(Cl)c1OC. The molecule has 0 aliphatic rings. The molecule has 2 aromatic carbocycles. The van der Waals surface area contributed by atoms with Crippen molar-refractivity contribution in [3.8, 4) is 17.2 Å². The van der Waals surface area contributed by atoms with Gasteiger partial charge in [-0.15, -0.1) is 0 Å². The van der Waals surface area contributed by atoms with Crippen LogP contribution in [0.2, 0.25) is 5.02 Å². The number of nitrogens with zero attached hydrogens (tertiary/aromatic N) is 1. The second-order valence-corrected chi connectivity index (χ2v) is 6.20. The van der Waals surface area contributed by atoms with Gasteiger partial charge in [-0.05, 0) is 61.7 Å². The van der Waals surface area contributed by atoms with Crippen molar-refractivity contribution in [2.75, 3.05) is 20.3 Å². The van der Waals surface area contributed by atoms with E-state index < -0.39 is 0 Å². The summed E-state index contributed by atoms with van der Waals surface area (Å²) in [5.74, 6) is 1.24. The predicted octanol–water partition coefficient (Wildman–Crippen LogP) is 3.89. The maximum absolute atomic E-state index is 11.9. The number of rotatable bonds is 8. The van der Waals surface area contributed by atoms with Crippen molar-refractivity contribution >= 4 is 23.7 Å². The summed E-state index contributed by atoms with van der Waals surface area (Å²) in [7, 11) is 1.52. The fourth-order valence-electron chi connectivity index (χ4n) is 2.29. The number of hydrazone groups is 1. The molecule has 0 aliphatic heterocycles. The summed E-state index contributed by atoms with van der Waals surface area (Å²) in [5.41, 5.74) is 5.36. The first-order valence-corrected chi connectivity index (χ1v) is 8.84. The number of carbonyl (C=O) groups is 1. The lowest BCUT2D eigenvalue weighted by molar-refractivity contribution is -0.123. The van der Waals surface area contributed by atoms with Crippen LogP contribution in [0.4, 0.5) is 0 Å². The minimum absolute atomic E-state index is 0.132. The van der Waals surface area contributed by atoms with E-state index in [0.717, 1.165) is 5.56 Å². The molecule has 0 bridgehead atoms. The van der Waals surface area contributed by atoms with Crippen molar-refractivity contribution in [3.05, 3.63) is 52.0 Å². The molecule has 0 aromatic heterocycles. The van der Waals surface area contributed by atoms with Gasteiger partial charge < -0.3 is 14.2 Å². The molecule has 0 heterocycles.